The normalized spacial score (nSPS) is 10.5. The first-order valence-electron chi connectivity index (χ1n) is 6.14. The summed E-state index contributed by atoms with van der Waals surface area (Å²) >= 11 is 0. The Morgan fingerprint density at radius 2 is 1.95 bits per heavy atom. The van der Waals surface area contributed by atoms with Crippen molar-refractivity contribution in [2.45, 2.75) is 6.42 Å². The molecule has 2 aromatic heterocycles. The Morgan fingerprint density at radius 1 is 1.00 bits per heavy atom. The number of aromatic nitrogens is 2. The largest absolute Gasteiger partial charge is 0.485 e. The van der Waals surface area contributed by atoms with Gasteiger partial charge in [0, 0.05) is 30.4 Å². The van der Waals surface area contributed by atoms with Gasteiger partial charge in [-0.15, -0.1) is 0 Å². The molecule has 0 atom stereocenters. The van der Waals surface area contributed by atoms with E-state index in [4.69, 9.17) is 4.74 Å². The molecule has 93 valence electrons. The molecule has 0 amide bonds. The van der Waals surface area contributed by atoms with Crippen LogP contribution in [0.1, 0.15) is 5.56 Å². The number of hydrogen-bond acceptors (Lipinski definition) is 3. The third kappa shape index (κ3) is 2.71. The lowest BCUT2D eigenvalue weighted by Gasteiger charge is -2.07. The molecule has 0 saturated carbocycles. The van der Waals surface area contributed by atoms with Crippen LogP contribution in [0.25, 0.3) is 10.9 Å². The molecule has 0 N–H and O–H groups in total. The monoisotopic (exact) mass is 249 g/mol. The first kappa shape index (κ1) is 11.7. The van der Waals surface area contributed by atoms with Gasteiger partial charge in [-0.1, -0.05) is 18.2 Å². The van der Waals surface area contributed by atoms with Crippen LogP contribution in [0, 0.1) is 6.61 Å². The van der Waals surface area contributed by atoms with Gasteiger partial charge < -0.3 is 4.74 Å². The Kier molecular flexibility index (Phi) is 3.36. The molecular weight excluding hydrogens is 236 g/mol. The molecule has 0 aliphatic rings. The average Bonchev–Trinajstić information content (AvgIpc) is 2.49. The van der Waals surface area contributed by atoms with Crippen LogP contribution in [-0.4, -0.2) is 9.97 Å². The molecule has 0 aliphatic carbocycles. The Morgan fingerprint density at radius 3 is 2.84 bits per heavy atom. The van der Waals surface area contributed by atoms with Crippen LogP contribution in [0.5, 0.6) is 5.75 Å². The minimum atomic E-state index is 0.727. The summed E-state index contributed by atoms with van der Waals surface area (Å²) in [6.45, 7) is 1.79. The Labute approximate surface area is 111 Å². The van der Waals surface area contributed by atoms with E-state index in [1.54, 1.807) is 19.0 Å². The van der Waals surface area contributed by atoms with Gasteiger partial charge >= 0.3 is 0 Å². The van der Waals surface area contributed by atoms with Crippen molar-refractivity contribution >= 4 is 10.9 Å². The highest BCUT2D eigenvalue weighted by Crippen LogP contribution is 2.24. The molecule has 0 saturated heterocycles. The number of hydrogen-bond donors (Lipinski definition) is 0. The molecule has 1 aromatic carbocycles. The first-order valence-corrected chi connectivity index (χ1v) is 6.14. The third-order valence-corrected chi connectivity index (χ3v) is 2.86. The molecular formula is C16H13N2O. The second-order valence-corrected chi connectivity index (χ2v) is 4.18. The Balaban J connectivity index is 1.72. The van der Waals surface area contributed by atoms with Crippen LogP contribution >= 0.6 is 0 Å². The maximum Gasteiger partial charge on any atom is 0.140 e. The van der Waals surface area contributed by atoms with Crippen molar-refractivity contribution in [2.75, 3.05) is 0 Å². The van der Waals surface area contributed by atoms with Crippen LogP contribution in [0.3, 0.4) is 0 Å². The number of pyridine rings is 2. The fourth-order valence-electron chi connectivity index (χ4n) is 1.92. The summed E-state index contributed by atoms with van der Waals surface area (Å²) in [5.41, 5.74) is 2.07. The van der Waals surface area contributed by atoms with Crippen molar-refractivity contribution in [1.82, 2.24) is 9.97 Å². The predicted molar refractivity (Wildman–Crippen MR) is 74.6 cm³/mol. The van der Waals surface area contributed by atoms with Crippen LogP contribution in [0.4, 0.5) is 0 Å². The fourth-order valence-corrected chi connectivity index (χ4v) is 1.92. The topological polar surface area (TPSA) is 35.0 Å². The molecule has 3 aromatic rings. The molecule has 0 unspecified atom stereocenters. The SMILES string of the molecule is [CH](Cc1cccnc1)Oc1ccnc2ccccc12. The van der Waals surface area contributed by atoms with Gasteiger partial charge in [0.1, 0.15) is 12.4 Å². The average molecular weight is 249 g/mol. The quantitative estimate of drug-likeness (QED) is 0.710. The zero-order valence-corrected chi connectivity index (χ0v) is 10.4. The second kappa shape index (κ2) is 5.48. The van der Waals surface area contributed by atoms with Gasteiger partial charge in [-0.25, -0.2) is 0 Å². The highest BCUT2D eigenvalue weighted by molar-refractivity contribution is 5.84. The van der Waals surface area contributed by atoms with E-state index < -0.39 is 0 Å². The van der Waals surface area contributed by atoms with Gasteiger partial charge in [0.05, 0.1) is 5.52 Å². The fraction of sp³-hybridized carbons (Fsp3) is 0.0625. The van der Waals surface area contributed by atoms with E-state index in [1.807, 2.05) is 48.7 Å². The lowest BCUT2D eigenvalue weighted by atomic mass is 10.2. The van der Waals surface area contributed by atoms with E-state index in [0.29, 0.717) is 0 Å². The summed E-state index contributed by atoms with van der Waals surface area (Å²) in [5, 5.41) is 1.02. The van der Waals surface area contributed by atoms with Gasteiger partial charge in [0.15, 0.2) is 0 Å². The number of nitrogens with zero attached hydrogens (tertiary/aromatic N) is 2. The summed E-state index contributed by atoms with van der Waals surface area (Å²) in [5.74, 6) is 0.828. The molecule has 1 radical (unpaired) electrons. The van der Waals surface area contributed by atoms with E-state index >= 15 is 0 Å². The second-order valence-electron chi connectivity index (χ2n) is 4.18. The van der Waals surface area contributed by atoms with Crippen LogP contribution in [0.15, 0.2) is 61.1 Å². The number of para-hydroxylation sites is 1. The number of ether oxygens (including phenoxy) is 1. The smallest absolute Gasteiger partial charge is 0.140 e. The molecule has 19 heavy (non-hydrogen) atoms. The molecule has 0 spiro atoms. The van der Waals surface area contributed by atoms with Gasteiger partial charge in [0.25, 0.3) is 0 Å². The van der Waals surface area contributed by atoms with Crippen molar-refractivity contribution in [2.24, 2.45) is 0 Å². The molecule has 3 nitrogen and oxygen atoms in total. The Hall–Kier alpha value is -2.42. The zero-order chi connectivity index (χ0) is 12.9. The highest BCUT2D eigenvalue weighted by atomic mass is 16.5. The molecule has 0 bridgehead atoms. The third-order valence-electron chi connectivity index (χ3n) is 2.86. The van der Waals surface area contributed by atoms with Gasteiger partial charge in [-0.2, -0.15) is 0 Å². The number of rotatable bonds is 4. The summed E-state index contributed by atoms with van der Waals surface area (Å²) < 4.78 is 5.73. The molecule has 2 heterocycles. The van der Waals surface area contributed by atoms with E-state index in [-0.39, 0.29) is 0 Å². The minimum absolute atomic E-state index is 0.727. The minimum Gasteiger partial charge on any atom is -0.485 e. The van der Waals surface area contributed by atoms with E-state index in [1.165, 1.54) is 0 Å². The summed E-state index contributed by atoms with van der Waals surface area (Å²) in [6.07, 6.45) is 6.09. The molecule has 0 aliphatic heterocycles. The molecule has 3 heteroatoms. The molecule has 0 fully saturated rings. The predicted octanol–water partition coefficient (Wildman–Crippen LogP) is 3.41. The summed E-state index contributed by atoms with van der Waals surface area (Å²) in [4.78, 5) is 8.38. The molecule has 3 rings (SSSR count). The first-order chi connectivity index (χ1) is 9.43. The maximum absolute atomic E-state index is 5.73. The van der Waals surface area contributed by atoms with Crippen molar-refractivity contribution in [3.05, 3.63) is 73.2 Å². The highest BCUT2D eigenvalue weighted by Gasteiger charge is 2.02. The Bertz CT molecular complexity index is 662. The van der Waals surface area contributed by atoms with E-state index in [9.17, 15) is 0 Å². The van der Waals surface area contributed by atoms with Crippen molar-refractivity contribution in [3.8, 4) is 5.75 Å². The number of benzene rings is 1. The zero-order valence-electron chi connectivity index (χ0n) is 10.4. The summed E-state index contributed by atoms with van der Waals surface area (Å²) in [7, 11) is 0. The van der Waals surface area contributed by atoms with E-state index in [2.05, 4.69) is 9.97 Å². The van der Waals surface area contributed by atoms with Crippen LogP contribution in [-0.2, 0) is 6.42 Å². The van der Waals surface area contributed by atoms with Crippen LogP contribution in [0.2, 0.25) is 0 Å². The number of fused-ring (bicyclic) bond motifs is 1. The summed E-state index contributed by atoms with van der Waals surface area (Å²) in [6, 6.07) is 13.8. The van der Waals surface area contributed by atoms with Crippen molar-refractivity contribution < 1.29 is 4.74 Å². The van der Waals surface area contributed by atoms with Gasteiger partial charge in [-0.05, 0) is 29.8 Å². The lowest BCUT2D eigenvalue weighted by Crippen LogP contribution is -1.96. The van der Waals surface area contributed by atoms with E-state index in [0.717, 1.165) is 28.6 Å². The van der Waals surface area contributed by atoms with Gasteiger partial charge in [-0.3, -0.25) is 9.97 Å². The maximum atomic E-state index is 5.73. The van der Waals surface area contributed by atoms with Crippen molar-refractivity contribution in [3.63, 3.8) is 0 Å². The van der Waals surface area contributed by atoms with Crippen molar-refractivity contribution in [1.29, 1.82) is 0 Å². The van der Waals surface area contributed by atoms with Gasteiger partial charge in [0.2, 0.25) is 0 Å². The standard InChI is InChI=1S/C16H13N2O/c1-2-6-15-14(5-1)16(7-10-18-15)19-11-8-13-4-3-9-17-12-13/h1-7,9-12H,8H2. The van der Waals surface area contributed by atoms with Crippen LogP contribution < -0.4 is 4.74 Å². The lowest BCUT2D eigenvalue weighted by molar-refractivity contribution is 0.405.